The molecule has 0 spiro atoms. The molecule has 2 aliphatic carbocycles. The van der Waals surface area contributed by atoms with Crippen LogP contribution >= 0.6 is 0 Å². The molecular weight excluding hydrogens is 196 g/mol. The van der Waals surface area contributed by atoms with Gasteiger partial charge in [-0.2, -0.15) is 0 Å². The molecule has 0 aromatic heterocycles. The molecule has 4 atom stereocenters. The lowest BCUT2D eigenvalue weighted by molar-refractivity contribution is 0.101. The number of likely N-dealkylation sites (tertiary alicyclic amines) is 1. The summed E-state index contributed by atoms with van der Waals surface area (Å²) >= 11 is 0. The van der Waals surface area contributed by atoms with E-state index in [1.807, 2.05) is 0 Å². The van der Waals surface area contributed by atoms with Gasteiger partial charge in [-0.1, -0.05) is 18.6 Å². The predicted molar refractivity (Wildman–Crippen MR) is 67.2 cm³/mol. The van der Waals surface area contributed by atoms with Gasteiger partial charge in [0.25, 0.3) is 0 Å². The maximum absolute atomic E-state index is 5.93. The van der Waals surface area contributed by atoms with Gasteiger partial charge in [0.05, 0.1) is 0 Å². The molecule has 0 aromatic rings. The molecule has 2 N–H and O–H groups in total. The second kappa shape index (κ2) is 4.50. The maximum atomic E-state index is 5.93. The van der Waals surface area contributed by atoms with Crippen LogP contribution in [0.15, 0.2) is 12.2 Å². The van der Waals surface area contributed by atoms with Gasteiger partial charge in [-0.3, -0.25) is 4.90 Å². The fourth-order valence-electron chi connectivity index (χ4n) is 4.03. The van der Waals surface area contributed by atoms with Crippen molar-refractivity contribution in [2.45, 2.75) is 50.6 Å². The number of piperidine rings is 1. The zero-order valence-corrected chi connectivity index (χ0v) is 10.1. The molecule has 2 heteroatoms. The molecule has 2 fully saturated rings. The quantitative estimate of drug-likeness (QED) is 0.723. The molecule has 0 aromatic carbocycles. The average Bonchev–Trinajstić information content (AvgIpc) is 2.87. The minimum absolute atomic E-state index is 0.328. The van der Waals surface area contributed by atoms with E-state index in [1.165, 1.54) is 51.6 Å². The fourth-order valence-corrected chi connectivity index (χ4v) is 4.03. The Balaban J connectivity index is 1.59. The zero-order valence-electron chi connectivity index (χ0n) is 10.1. The van der Waals surface area contributed by atoms with E-state index in [0.717, 1.165) is 17.9 Å². The molecule has 4 unspecified atom stereocenters. The van der Waals surface area contributed by atoms with Crippen molar-refractivity contribution in [3.8, 4) is 0 Å². The summed E-state index contributed by atoms with van der Waals surface area (Å²) in [5.74, 6) is 1.75. The second-order valence-electron chi connectivity index (χ2n) is 5.94. The summed E-state index contributed by atoms with van der Waals surface area (Å²) in [5.41, 5.74) is 5.93. The molecule has 1 aliphatic heterocycles. The van der Waals surface area contributed by atoms with Gasteiger partial charge in [0.1, 0.15) is 0 Å². The van der Waals surface area contributed by atoms with Gasteiger partial charge in [0, 0.05) is 18.6 Å². The van der Waals surface area contributed by atoms with E-state index in [9.17, 15) is 0 Å². The lowest BCUT2D eigenvalue weighted by atomic mass is 9.91. The predicted octanol–water partition coefficient (Wildman–Crippen LogP) is 2.15. The Hall–Kier alpha value is -0.340. The van der Waals surface area contributed by atoms with Gasteiger partial charge in [-0.25, -0.2) is 0 Å². The van der Waals surface area contributed by atoms with E-state index in [2.05, 4.69) is 17.1 Å². The molecule has 1 saturated heterocycles. The van der Waals surface area contributed by atoms with Gasteiger partial charge >= 0.3 is 0 Å². The standard InChI is InChI=1S/C14H24N2/c15-13-7-6-11(9-13)10-16-8-2-4-12-3-1-5-14(12)16/h6-7,11-14H,1-5,8-10,15H2. The summed E-state index contributed by atoms with van der Waals surface area (Å²) < 4.78 is 0. The molecule has 90 valence electrons. The summed E-state index contributed by atoms with van der Waals surface area (Å²) in [4.78, 5) is 2.77. The van der Waals surface area contributed by atoms with Crippen LogP contribution in [-0.2, 0) is 0 Å². The summed E-state index contributed by atoms with van der Waals surface area (Å²) in [6.07, 6.45) is 13.0. The van der Waals surface area contributed by atoms with E-state index >= 15 is 0 Å². The van der Waals surface area contributed by atoms with Crippen LogP contribution in [0.25, 0.3) is 0 Å². The smallest absolute Gasteiger partial charge is 0.0229 e. The van der Waals surface area contributed by atoms with Gasteiger partial charge in [0.15, 0.2) is 0 Å². The highest BCUT2D eigenvalue weighted by Crippen LogP contribution is 2.37. The van der Waals surface area contributed by atoms with E-state index < -0.39 is 0 Å². The lowest BCUT2D eigenvalue weighted by Gasteiger charge is -2.39. The van der Waals surface area contributed by atoms with Crippen molar-refractivity contribution >= 4 is 0 Å². The molecular formula is C14H24N2. The van der Waals surface area contributed by atoms with Gasteiger partial charge in [-0.15, -0.1) is 0 Å². The highest BCUT2D eigenvalue weighted by atomic mass is 15.2. The van der Waals surface area contributed by atoms with Crippen molar-refractivity contribution in [3.05, 3.63) is 12.2 Å². The monoisotopic (exact) mass is 220 g/mol. The van der Waals surface area contributed by atoms with Gasteiger partial charge in [-0.05, 0) is 50.5 Å². The third-order valence-corrected chi connectivity index (χ3v) is 4.78. The highest BCUT2D eigenvalue weighted by molar-refractivity contribution is 5.06. The molecule has 1 heterocycles. The first-order valence-corrected chi connectivity index (χ1v) is 7.01. The van der Waals surface area contributed by atoms with Crippen molar-refractivity contribution in [3.63, 3.8) is 0 Å². The molecule has 3 aliphatic rings. The van der Waals surface area contributed by atoms with Crippen LogP contribution in [-0.4, -0.2) is 30.1 Å². The lowest BCUT2D eigenvalue weighted by Crippen LogP contribution is -2.44. The van der Waals surface area contributed by atoms with Crippen LogP contribution in [0.2, 0.25) is 0 Å². The van der Waals surface area contributed by atoms with Crippen molar-refractivity contribution in [1.82, 2.24) is 4.90 Å². The first-order valence-electron chi connectivity index (χ1n) is 7.01. The molecule has 2 nitrogen and oxygen atoms in total. The van der Waals surface area contributed by atoms with E-state index in [4.69, 9.17) is 5.73 Å². The Bertz CT molecular complexity index is 274. The SMILES string of the molecule is NC1C=CC(CN2CCCC3CCCC32)C1. The van der Waals surface area contributed by atoms with Crippen molar-refractivity contribution in [1.29, 1.82) is 0 Å². The van der Waals surface area contributed by atoms with Crippen LogP contribution in [0.3, 0.4) is 0 Å². The number of hydrogen-bond donors (Lipinski definition) is 1. The largest absolute Gasteiger partial charge is 0.324 e. The Morgan fingerprint density at radius 2 is 2.00 bits per heavy atom. The minimum atomic E-state index is 0.328. The fraction of sp³-hybridized carbons (Fsp3) is 0.857. The first-order chi connectivity index (χ1) is 7.83. The Morgan fingerprint density at radius 1 is 1.12 bits per heavy atom. The average molecular weight is 220 g/mol. The van der Waals surface area contributed by atoms with Crippen molar-refractivity contribution < 1.29 is 0 Å². The second-order valence-corrected chi connectivity index (χ2v) is 5.94. The number of hydrogen-bond acceptors (Lipinski definition) is 2. The first kappa shape index (κ1) is 10.8. The Morgan fingerprint density at radius 3 is 2.81 bits per heavy atom. The number of nitrogens with two attached hydrogens (primary N) is 1. The molecule has 0 radical (unpaired) electrons. The van der Waals surface area contributed by atoms with Crippen molar-refractivity contribution in [2.75, 3.05) is 13.1 Å². The Kier molecular flexibility index (Phi) is 3.03. The van der Waals surface area contributed by atoms with Gasteiger partial charge in [0.2, 0.25) is 0 Å². The van der Waals surface area contributed by atoms with Crippen LogP contribution in [0, 0.1) is 11.8 Å². The van der Waals surface area contributed by atoms with Crippen LogP contribution in [0.5, 0.6) is 0 Å². The minimum Gasteiger partial charge on any atom is -0.324 e. The number of nitrogens with zero attached hydrogens (tertiary/aromatic N) is 1. The van der Waals surface area contributed by atoms with Crippen LogP contribution in [0.1, 0.15) is 38.5 Å². The molecule has 16 heavy (non-hydrogen) atoms. The zero-order chi connectivity index (χ0) is 11.0. The van der Waals surface area contributed by atoms with Crippen molar-refractivity contribution in [2.24, 2.45) is 17.6 Å². The van der Waals surface area contributed by atoms with E-state index in [0.29, 0.717) is 6.04 Å². The van der Waals surface area contributed by atoms with Gasteiger partial charge < -0.3 is 5.73 Å². The maximum Gasteiger partial charge on any atom is 0.0229 e. The summed E-state index contributed by atoms with van der Waals surface area (Å²) in [6, 6.07) is 1.24. The Labute approximate surface area is 98.9 Å². The van der Waals surface area contributed by atoms with E-state index in [1.54, 1.807) is 0 Å². The molecule has 1 saturated carbocycles. The van der Waals surface area contributed by atoms with E-state index in [-0.39, 0.29) is 0 Å². The normalized spacial score (nSPS) is 43.8. The third kappa shape index (κ3) is 2.05. The molecule has 3 rings (SSSR count). The topological polar surface area (TPSA) is 29.3 Å². The summed E-state index contributed by atoms with van der Waals surface area (Å²) in [6.45, 7) is 2.60. The molecule has 0 amide bonds. The van der Waals surface area contributed by atoms with Crippen LogP contribution < -0.4 is 5.73 Å². The van der Waals surface area contributed by atoms with Crippen LogP contribution in [0.4, 0.5) is 0 Å². The highest BCUT2D eigenvalue weighted by Gasteiger charge is 2.35. The number of fused-ring (bicyclic) bond motifs is 1. The number of rotatable bonds is 2. The summed E-state index contributed by atoms with van der Waals surface area (Å²) in [7, 11) is 0. The molecule has 0 bridgehead atoms. The third-order valence-electron chi connectivity index (χ3n) is 4.78. The summed E-state index contributed by atoms with van der Waals surface area (Å²) in [5, 5.41) is 0.